The summed E-state index contributed by atoms with van der Waals surface area (Å²) in [6.07, 6.45) is 5.04. The molecule has 5 rings (SSSR count). The van der Waals surface area contributed by atoms with Gasteiger partial charge in [0, 0.05) is 50.1 Å². The second-order valence-corrected chi connectivity index (χ2v) is 12.9. The van der Waals surface area contributed by atoms with E-state index in [1.807, 2.05) is 12.1 Å². The highest BCUT2D eigenvalue weighted by atomic mass is 35.5. The summed E-state index contributed by atoms with van der Waals surface area (Å²) >= 11 is 6.28. The van der Waals surface area contributed by atoms with Crippen molar-refractivity contribution in [3.63, 3.8) is 0 Å². The highest BCUT2D eigenvalue weighted by Gasteiger charge is 2.54. The molecule has 0 atom stereocenters. The predicted molar refractivity (Wildman–Crippen MR) is 140 cm³/mol. The van der Waals surface area contributed by atoms with E-state index in [-0.39, 0.29) is 10.4 Å². The van der Waals surface area contributed by atoms with Crippen molar-refractivity contribution in [1.29, 1.82) is 0 Å². The molecule has 0 radical (unpaired) electrons. The number of halogens is 1. The first-order valence-corrected chi connectivity index (χ1v) is 14.5. The first-order chi connectivity index (χ1) is 17.1. The van der Waals surface area contributed by atoms with Gasteiger partial charge in [-0.2, -0.15) is 8.42 Å². The van der Waals surface area contributed by atoms with Gasteiger partial charge in [-0.05, 0) is 55.4 Å². The Balaban J connectivity index is 1.33. The molecule has 36 heavy (non-hydrogen) atoms. The largest absolute Gasteiger partial charge is 0.475 e. The average Bonchev–Trinajstić information content (AvgIpc) is 3.41. The van der Waals surface area contributed by atoms with Gasteiger partial charge in [-0.25, -0.2) is 9.71 Å². The topological polar surface area (TPSA) is 91.8 Å². The monoisotopic (exact) mass is 532 g/mol. The summed E-state index contributed by atoms with van der Waals surface area (Å²) in [5.74, 6) is 0.427. The Morgan fingerprint density at radius 3 is 2.36 bits per heavy atom. The minimum Gasteiger partial charge on any atom is -0.475 e. The first kappa shape index (κ1) is 25.1. The van der Waals surface area contributed by atoms with E-state index >= 15 is 0 Å². The minimum atomic E-state index is -4.15. The lowest BCUT2D eigenvalue weighted by Gasteiger charge is -2.39. The zero-order valence-corrected chi connectivity index (χ0v) is 22.4. The molecule has 0 bridgehead atoms. The van der Waals surface area contributed by atoms with Crippen molar-refractivity contribution >= 4 is 39.0 Å². The molecule has 1 saturated carbocycles. The van der Waals surface area contributed by atoms with Crippen molar-refractivity contribution in [2.45, 2.75) is 63.0 Å². The second kappa shape index (κ2) is 9.41. The summed E-state index contributed by atoms with van der Waals surface area (Å²) < 4.78 is 34.6. The number of sulfonamides is 1. The number of benzene rings is 1. The summed E-state index contributed by atoms with van der Waals surface area (Å²) in [5, 5.41) is 0.327. The number of aromatic nitrogens is 1. The van der Waals surface area contributed by atoms with Gasteiger partial charge in [-0.1, -0.05) is 31.5 Å². The number of nitrogens with one attached hydrogen (secondary N) is 1. The van der Waals surface area contributed by atoms with Crippen molar-refractivity contribution in [3.8, 4) is 5.75 Å². The molecule has 3 heterocycles. The number of piperidine rings is 1. The molecule has 1 amide bonds. The van der Waals surface area contributed by atoms with Gasteiger partial charge in [0.25, 0.3) is 15.9 Å². The zero-order chi connectivity index (χ0) is 25.6. The Labute approximate surface area is 218 Å². The van der Waals surface area contributed by atoms with Crippen molar-refractivity contribution in [2.24, 2.45) is 5.41 Å². The van der Waals surface area contributed by atoms with Gasteiger partial charge >= 0.3 is 0 Å². The minimum absolute atomic E-state index is 0.171. The van der Waals surface area contributed by atoms with Crippen LogP contribution in [0.1, 0.15) is 52.4 Å². The molecule has 1 N–H and O–H groups in total. The highest BCUT2D eigenvalue weighted by molar-refractivity contribution is 7.90. The number of pyridine rings is 1. The number of amides is 1. The Hall–Kier alpha value is -2.52. The summed E-state index contributed by atoms with van der Waals surface area (Å²) in [4.78, 5) is 21.8. The summed E-state index contributed by atoms with van der Waals surface area (Å²) in [6.45, 7) is 7.97. The average molecular weight is 533 g/mol. The van der Waals surface area contributed by atoms with E-state index in [1.54, 1.807) is 18.2 Å². The van der Waals surface area contributed by atoms with Gasteiger partial charge in [-0.3, -0.25) is 4.79 Å². The number of ether oxygens (including phenoxy) is 1. The quantitative estimate of drug-likeness (QED) is 0.565. The van der Waals surface area contributed by atoms with Crippen LogP contribution in [0.5, 0.6) is 5.75 Å². The second-order valence-electron chi connectivity index (χ2n) is 10.8. The van der Waals surface area contributed by atoms with Crippen molar-refractivity contribution in [1.82, 2.24) is 9.71 Å². The normalized spacial score (nSPS) is 20.8. The molecule has 1 aromatic carbocycles. The Morgan fingerprint density at radius 1 is 1.00 bits per heavy atom. The zero-order valence-electron chi connectivity index (χ0n) is 20.8. The van der Waals surface area contributed by atoms with Gasteiger partial charge in [0.05, 0.1) is 5.69 Å². The first-order valence-electron chi connectivity index (χ1n) is 12.6. The van der Waals surface area contributed by atoms with E-state index < -0.39 is 21.5 Å². The molecule has 2 saturated heterocycles. The van der Waals surface area contributed by atoms with Crippen LogP contribution in [0.4, 0.5) is 11.5 Å². The maximum atomic E-state index is 13.2. The highest BCUT2D eigenvalue weighted by Crippen LogP contribution is 2.45. The van der Waals surface area contributed by atoms with Gasteiger partial charge < -0.3 is 14.5 Å². The molecular weight excluding hydrogens is 500 g/mol. The van der Waals surface area contributed by atoms with Crippen LogP contribution >= 0.6 is 11.6 Å². The van der Waals surface area contributed by atoms with Gasteiger partial charge in [0.2, 0.25) is 0 Å². The molecule has 10 heteroatoms. The number of anilines is 2. The lowest BCUT2D eigenvalue weighted by molar-refractivity contribution is -0.127. The number of hydrogen-bond donors (Lipinski definition) is 1. The fourth-order valence-electron chi connectivity index (χ4n) is 4.83. The standard InChI is InChI=1S/C26H33ClN4O4S/c1-25(2)12-16-30(17-13-25)20-9-8-19(27)18-21(20)35-26(10-11-26)24(32)29-36(33,34)23-7-5-6-22(28-23)31-14-3-4-15-31/h5-9,18H,3-4,10-17H2,1-2H3,(H,29,32). The molecule has 1 aliphatic carbocycles. The molecule has 3 fully saturated rings. The smallest absolute Gasteiger partial charge is 0.281 e. The lowest BCUT2D eigenvalue weighted by atomic mass is 9.82. The van der Waals surface area contributed by atoms with Crippen molar-refractivity contribution < 1.29 is 17.9 Å². The van der Waals surface area contributed by atoms with Gasteiger partial charge in [0.15, 0.2) is 10.6 Å². The van der Waals surface area contributed by atoms with Crippen LogP contribution in [0.3, 0.4) is 0 Å². The van der Waals surface area contributed by atoms with Crippen LogP contribution < -0.4 is 19.3 Å². The van der Waals surface area contributed by atoms with Crippen LogP contribution in [0.15, 0.2) is 41.4 Å². The summed E-state index contributed by atoms with van der Waals surface area (Å²) in [5.41, 5.74) is -0.0822. The Bertz CT molecular complexity index is 1250. The van der Waals surface area contributed by atoms with Gasteiger partial charge in [0.1, 0.15) is 11.6 Å². The van der Waals surface area contributed by atoms with Crippen LogP contribution in [0, 0.1) is 5.41 Å². The van der Waals surface area contributed by atoms with E-state index in [0.717, 1.165) is 57.5 Å². The van der Waals surface area contributed by atoms with Crippen LogP contribution in [0.2, 0.25) is 5.02 Å². The van der Waals surface area contributed by atoms with Crippen molar-refractivity contribution in [3.05, 3.63) is 41.4 Å². The van der Waals surface area contributed by atoms with E-state index in [1.165, 1.54) is 6.07 Å². The van der Waals surface area contributed by atoms with Crippen LogP contribution in [-0.4, -0.2) is 51.1 Å². The lowest BCUT2D eigenvalue weighted by Crippen LogP contribution is -2.44. The Morgan fingerprint density at radius 2 is 1.69 bits per heavy atom. The number of nitrogens with zero attached hydrogens (tertiary/aromatic N) is 3. The molecule has 1 aromatic heterocycles. The molecule has 3 aliphatic rings. The molecular formula is C26H33ClN4O4S. The van der Waals surface area contributed by atoms with E-state index in [9.17, 15) is 13.2 Å². The third-order valence-electron chi connectivity index (χ3n) is 7.44. The van der Waals surface area contributed by atoms with E-state index in [4.69, 9.17) is 16.3 Å². The summed E-state index contributed by atoms with van der Waals surface area (Å²) in [6, 6.07) is 10.3. The maximum absolute atomic E-state index is 13.2. The van der Waals surface area contributed by atoms with E-state index in [2.05, 4.69) is 33.4 Å². The SMILES string of the molecule is CC1(C)CCN(c2ccc(Cl)cc2OC2(C(=O)NS(=O)(=O)c3cccc(N4CCCC4)n3)CC2)CC1. The van der Waals surface area contributed by atoms with Crippen LogP contribution in [-0.2, 0) is 14.8 Å². The third-order valence-corrected chi connectivity index (χ3v) is 8.91. The molecule has 194 valence electrons. The molecule has 2 aliphatic heterocycles. The number of carbonyl (C=O) groups is 1. The van der Waals surface area contributed by atoms with E-state index in [0.29, 0.717) is 29.4 Å². The number of carbonyl (C=O) groups excluding carboxylic acids is 1. The Kier molecular flexibility index (Phi) is 6.57. The predicted octanol–water partition coefficient (Wildman–Crippen LogP) is 4.38. The maximum Gasteiger partial charge on any atom is 0.281 e. The van der Waals surface area contributed by atoms with Crippen LogP contribution in [0.25, 0.3) is 0 Å². The summed E-state index contributed by atoms with van der Waals surface area (Å²) in [7, 11) is -4.15. The number of hydrogen-bond acceptors (Lipinski definition) is 7. The fourth-order valence-corrected chi connectivity index (χ4v) is 5.99. The third kappa shape index (κ3) is 5.27. The van der Waals surface area contributed by atoms with Gasteiger partial charge in [-0.15, -0.1) is 0 Å². The molecule has 0 unspecified atom stereocenters. The molecule has 0 spiro atoms. The molecule has 2 aromatic rings. The fraction of sp³-hybridized carbons (Fsp3) is 0.538. The number of rotatable bonds is 7. The molecule has 8 nitrogen and oxygen atoms in total. The van der Waals surface area contributed by atoms with Crippen molar-refractivity contribution in [2.75, 3.05) is 36.0 Å².